The Labute approximate surface area is 296 Å². The van der Waals surface area contributed by atoms with Crippen molar-refractivity contribution in [2.75, 3.05) is 0 Å². The molecule has 0 fully saturated rings. The molecule has 2 unspecified atom stereocenters. The van der Waals surface area contributed by atoms with E-state index in [0.717, 1.165) is 71.6 Å². The second-order valence-electron chi connectivity index (χ2n) is 13.5. The van der Waals surface area contributed by atoms with Crippen LogP contribution in [-0.2, 0) is 0 Å². The standard InChI is InChI=1S/C43H29N5O4/c1-26-36(46-38-14-8-6-12-32(38)34-25-30(48(51)52)17-20-40(34)46)21-22-42-43(26)35-23-28(15-18-41(35)44(42)27-9-3-2-4-10-27)45-37-13-7-5-11-31(37)33-24-29(47(49)50)16-19-39(33)45/h2-26,36H,1H3. The molecule has 2 atom stereocenters. The average Bonchev–Trinajstić information content (AvgIpc) is 3.80. The Balaban J connectivity index is 1.23. The van der Waals surface area contributed by atoms with Gasteiger partial charge in [0, 0.05) is 74.0 Å². The molecule has 6 aromatic carbocycles. The minimum Gasteiger partial charge on any atom is -0.333 e. The number of allylic oxidation sites excluding steroid dienone is 1. The maximum absolute atomic E-state index is 11.8. The van der Waals surface area contributed by atoms with Gasteiger partial charge in [-0.3, -0.25) is 20.2 Å². The lowest BCUT2D eigenvalue weighted by Crippen LogP contribution is -2.17. The summed E-state index contributed by atoms with van der Waals surface area (Å²) in [4.78, 5) is 22.8. The van der Waals surface area contributed by atoms with Crippen molar-refractivity contribution in [2.45, 2.75) is 18.9 Å². The molecule has 0 radical (unpaired) electrons. The quantitative estimate of drug-likeness (QED) is 0.133. The van der Waals surface area contributed by atoms with Gasteiger partial charge in [0.15, 0.2) is 0 Å². The highest BCUT2D eigenvalue weighted by Gasteiger charge is 2.32. The Morgan fingerprint density at radius 2 is 1.06 bits per heavy atom. The third kappa shape index (κ3) is 4.16. The van der Waals surface area contributed by atoms with Gasteiger partial charge in [0.2, 0.25) is 0 Å². The van der Waals surface area contributed by atoms with Crippen LogP contribution in [0.25, 0.3) is 72.0 Å². The largest absolute Gasteiger partial charge is 0.333 e. The Hall–Kier alpha value is -7.00. The van der Waals surface area contributed by atoms with E-state index in [4.69, 9.17) is 0 Å². The van der Waals surface area contributed by atoms with Crippen molar-refractivity contribution in [2.24, 2.45) is 0 Å². The lowest BCUT2D eigenvalue weighted by Gasteiger charge is -2.29. The fourth-order valence-electron chi connectivity index (χ4n) is 8.58. The van der Waals surface area contributed by atoms with Gasteiger partial charge in [0.1, 0.15) is 0 Å². The van der Waals surface area contributed by atoms with E-state index in [1.54, 1.807) is 24.3 Å². The Bertz CT molecular complexity index is 3000. The maximum atomic E-state index is 11.8. The number of para-hydroxylation sites is 3. The van der Waals surface area contributed by atoms with Crippen LogP contribution >= 0.6 is 0 Å². The fraction of sp³-hybridized carbons (Fsp3) is 0.0698. The number of benzene rings is 6. The number of nitrogens with zero attached hydrogens (tertiary/aromatic N) is 5. The molecule has 0 amide bonds. The zero-order valence-electron chi connectivity index (χ0n) is 27.9. The first-order valence-corrected chi connectivity index (χ1v) is 17.2. The van der Waals surface area contributed by atoms with E-state index in [1.807, 2.05) is 54.6 Å². The van der Waals surface area contributed by atoms with Crippen LogP contribution in [0, 0.1) is 20.2 Å². The van der Waals surface area contributed by atoms with Gasteiger partial charge in [-0.25, -0.2) is 0 Å². The van der Waals surface area contributed by atoms with E-state index >= 15 is 0 Å². The molecule has 9 heteroatoms. The van der Waals surface area contributed by atoms with Crippen molar-refractivity contribution in [3.8, 4) is 11.4 Å². The van der Waals surface area contributed by atoms with Gasteiger partial charge < -0.3 is 13.7 Å². The van der Waals surface area contributed by atoms with Gasteiger partial charge in [-0.05, 0) is 66.2 Å². The summed E-state index contributed by atoms with van der Waals surface area (Å²) in [5, 5.41) is 28.3. The molecule has 250 valence electrons. The smallest absolute Gasteiger partial charge is 0.270 e. The number of fused-ring (bicyclic) bond motifs is 9. The van der Waals surface area contributed by atoms with Gasteiger partial charge in [0.25, 0.3) is 11.4 Å². The number of nitro groups is 2. The molecule has 10 rings (SSSR count). The van der Waals surface area contributed by atoms with E-state index < -0.39 is 0 Å². The molecular weight excluding hydrogens is 651 g/mol. The number of hydrogen-bond donors (Lipinski definition) is 0. The maximum Gasteiger partial charge on any atom is 0.270 e. The van der Waals surface area contributed by atoms with Crippen LogP contribution in [0.3, 0.4) is 0 Å². The monoisotopic (exact) mass is 679 g/mol. The van der Waals surface area contributed by atoms with Crippen LogP contribution < -0.4 is 0 Å². The summed E-state index contributed by atoms with van der Waals surface area (Å²) in [5.74, 6) is 0.0118. The highest BCUT2D eigenvalue weighted by atomic mass is 16.6. The first kappa shape index (κ1) is 29.9. The molecule has 3 heterocycles. The first-order chi connectivity index (χ1) is 25.4. The Morgan fingerprint density at radius 1 is 0.519 bits per heavy atom. The lowest BCUT2D eigenvalue weighted by molar-refractivity contribution is -0.384. The molecule has 0 saturated carbocycles. The highest BCUT2D eigenvalue weighted by Crippen LogP contribution is 2.47. The molecule has 0 aliphatic heterocycles. The predicted molar refractivity (Wildman–Crippen MR) is 207 cm³/mol. The Morgan fingerprint density at radius 3 is 1.77 bits per heavy atom. The van der Waals surface area contributed by atoms with Crippen molar-refractivity contribution in [1.82, 2.24) is 13.7 Å². The van der Waals surface area contributed by atoms with E-state index in [9.17, 15) is 20.2 Å². The lowest BCUT2D eigenvalue weighted by atomic mass is 9.86. The average molecular weight is 680 g/mol. The molecule has 9 aromatic rings. The molecule has 0 spiro atoms. The molecule has 0 saturated heterocycles. The summed E-state index contributed by atoms with van der Waals surface area (Å²) in [6.07, 6.45) is 4.48. The van der Waals surface area contributed by atoms with Crippen LogP contribution in [0.15, 0.2) is 140 Å². The molecule has 3 aromatic heterocycles. The van der Waals surface area contributed by atoms with E-state index in [-0.39, 0.29) is 33.2 Å². The van der Waals surface area contributed by atoms with E-state index in [1.165, 1.54) is 5.56 Å². The van der Waals surface area contributed by atoms with Crippen molar-refractivity contribution >= 4 is 72.0 Å². The summed E-state index contributed by atoms with van der Waals surface area (Å²) < 4.78 is 6.84. The topological polar surface area (TPSA) is 101 Å². The first-order valence-electron chi connectivity index (χ1n) is 17.2. The van der Waals surface area contributed by atoms with Crippen molar-refractivity contribution in [3.05, 3.63) is 171 Å². The molecular formula is C43H29N5O4. The zero-order chi connectivity index (χ0) is 35.2. The minimum atomic E-state index is -0.347. The molecule has 1 aliphatic rings. The fourth-order valence-corrected chi connectivity index (χ4v) is 8.58. The number of aromatic nitrogens is 3. The van der Waals surface area contributed by atoms with Crippen molar-refractivity contribution in [3.63, 3.8) is 0 Å². The summed E-state index contributed by atoms with van der Waals surface area (Å²) in [5.41, 5.74) is 9.38. The van der Waals surface area contributed by atoms with Crippen molar-refractivity contribution < 1.29 is 9.85 Å². The molecule has 9 nitrogen and oxygen atoms in total. The second kappa shape index (κ2) is 11.0. The SMILES string of the molecule is CC1c2c(n(-c3ccccc3)c3ccc(-n4c5ccccc5c5cc([N+](=O)[O-])ccc54)cc23)C=CC1n1c2ccccc2c2cc([N+](=O)[O-])ccc21. The third-order valence-electron chi connectivity index (χ3n) is 10.8. The molecule has 0 bridgehead atoms. The summed E-state index contributed by atoms with van der Waals surface area (Å²) in [6, 6.07) is 43.2. The highest BCUT2D eigenvalue weighted by molar-refractivity contribution is 6.11. The molecule has 0 N–H and O–H groups in total. The summed E-state index contributed by atoms with van der Waals surface area (Å²) in [6.45, 7) is 2.26. The van der Waals surface area contributed by atoms with Gasteiger partial charge in [0.05, 0.1) is 43.6 Å². The van der Waals surface area contributed by atoms with E-state index in [2.05, 4.69) is 87.4 Å². The van der Waals surface area contributed by atoms with Crippen LogP contribution in [-0.4, -0.2) is 23.5 Å². The molecule has 1 aliphatic carbocycles. The number of hydrogen-bond acceptors (Lipinski definition) is 4. The van der Waals surface area contributed by atoms with Crippen LogP contribution in [0.1, 0.15) is 30.1 Å². The second-order valence-corrected chi connectivity index (χ2v) is 13.5. The summed E-state index contributed by atoms with van der Waals surface area (Å²) in [7, 11) is 0. The van der Waals surface area contributed by atoms with Crippen LogP contribution in [0.4, 0.5) is 11.4 Å². The minimum absolute atomic E-state index is 0.0118. The van der Waals surface area contributed by atoms with E-state index in [0.29, 0.717) is 0 Å². The van der Waals surface area contributed by atoms with Gasteiger partial charge in [-0.1, -0.05) is 67.6 Å². The normalized spacial score (nSPS) is 15.6. The molecule has 52 heavy (non-hydrogen) atoms. The van der Waals surface area contributed by atoms with Gasteiger partial charge in [-0.2, -0.15) is 0 Å². The number of non-ortho nitro benzene ring substituents is 2. The third-order valence-corrected chi connectivity index (χ3v) is 10.8. The number of rotatable bonds is 5. The Kier molecular flexibility index (Phi) is 6.32. The number of nitro benzene ring substituents is 2. The van der Waals surface area contributed by atoms with Crippen LogP contribution in [0.5, 0.6) is 0 Å². The van der Waals surface area contributed by atoms with Gasteiger partial charge >= 0.3 is 0 Å². The predicted octanol–water partition coefficient (Wildman–Crippen LogP) is 11.0. The zero-order valence-corrected chi connectivity index (χ0v) is 27.9. The van der Waals surface area contributed by atoms with Crippen LogP contribution in [0.2, 0.25) is 0 Å². The van der Waals surface area contributed by atoms with Gasteiger partial charge in [-0.15, -0.1) is 0 Å². The van der Waals surface area contributed by atoms with Crippen molar-refractivity contribution in [1.29, 1.82) is 0 Å². The summed E-state index contributed by atoms with van der Waals surface area (Å²) >= 11 is 0.